The monoisotopic (exact) mass is 324 g/mol. The third-order valence-electron chi connectivity index (χ3n) is 3.79. The molecule has 0 amide bonds. The third kappa shape index (κ3) is 2.98. The molecule has 0 atom stereocenters. The van der Waals surface area contributed by atoms with Crippen LogP contribution < -0.4 is 10.2 Å². The number of para-hydroxylation sites is 2. The molecule has 3 rings (SSSR count). The van der Waals surface area contributed by atoms with Crippen LogP contribution in [0.2, 0.25) is 0 Å². The number of hydrogen-bond acceptors (Lipinski definition) is 2. The van der Waals surface area contributed by atoms with Crippen LogP contribution in [0, 0.1) is 5.82 Å². The molecule has 6 heteroatoms. The van der Waals surface area contributed by atoms with Crippen molar-refractivity contribution in [1.29, 1.82) is 0 Å². The molecule has 0 aromatic heterocycles. The van der Waals surface area contributed by atoms with Crippen molar-refractivity contribution in [3.8, 4) is 0 Å². The van der Waals surface area contributed by atoms with Crippen molar-refractivity contribution >= 4 is 17.1 Å². The molecule has 0 fully saturated rings. The number of rotatable bonds is 1. The molecule has 23 heavy (non-hydrogen) atoms. The first-order valence-corrected chi connectivity index (χ1v) is 7.19. The summed E-state index contributed by atoms with van der Waals surface area (Å²) in [6.07, 6.45) is -4.69. The van der Waals surface area contributed by atoms with Crippen LogP contribution in [0.1, 0.15) is 19.4 Å². The van der Waals surface area contributed by atoms with E-state index < -0.39 is 17.6 Å². The lowest BCUT2D eigenvalue weighted by Crippen LogP contribution is -2.46. The van der Waals surface area contributed by atoms with Gasteiger partial charge in [0.05, 0.1) is 16.9 Å². The summed E-state index contributed by atoms with van der Waals surface area (Å²) in [4.78, 5) is 1.83. The largest absolute Gasteiger partial charge is 0.419 e. The Hall–Kier alpha value is -2.24. The second kappa shape index (κ2) is 5.15. The minimum Gasteiger partial charge on any atom is -0.377 e. The molecule has 1 aliphatic heterocycles. The quantitative estimate of drug-likeness (QED) is 0.727. The molecule has 2 aromatic rings. The number of benzene rings is 2. The standard InChI is InChI=1S/C17H16F4N2/c1-16(2)10-23(15-6-4-3-5-14(15)22-16)11-7-8-12(13(18)9-11)17(19,20)21/h3-9,22H,10H2,1-2H3. The number of hydrogen-bond donors (Lipinski definition) is 1. The topological polar surface area (TPSA) is 15.3 Å². The molecule has 2 aromatic carbocycles. The number of anilines is 3. The van der Waals surface area contributed by atoms with Crippen molar-refractivity contribution in [1.82, 2.24) is 0 Å². The van der Waals surface area contributed by atoms with E-state index in [9.17, 15) is 17.6 Å². The van der Waals surface area contributed by atoms with Gasteiger partial charge in [-0.15, -0.1) is 0 Å². The molecular formula is C17H16F4N2. The lowest BCUT2D eigenvalue weighted by Gasteiger charge is -2.42. The first-order chi connectivity index (χ1) is 10.7. The second-order valence-electron chi connectivity index (χ2n) is 6.27. The van der Waals surface area contributed by atoms with Gasteiger partial charge in [0.15, 0.2) is 0 Å². The maximum atomic E-state index is 13.9. The molecule has 1 aliphatic rings. The van der Waals surface area contributed by atoms with Crippen LogP contribution in [0.5, 0.6) is 0 Å². The van der Waals surface area contributed by atoms with E-state index in [4.69, 9.17) is 0 Å². The molecule has 0 saturated heterocycles. The lowest BCUT2D eigenvalue weighted by atomic mass is 9.98. The summed E-state index contributed by atoms with van der Waals surface area (Å²) >= 11 is 0. The summed E-state index contributed by atoms with van der Waals surface area (Å²) in [5.74, 6) is -1.26. The Balaban J connectivity index is 2.06. The van der Waals surface area contributed by atoms with Crippen molar-refractivity contribution in [3.05, 3.63) is 53.8 Å². The van der Waals surface area contributed by atoms with E-state index in [1.54, 1.807) is 0 Å². The van der Waals surface area contributed by atoms with Gasteiger partial charge in [0.1, 0.15) is 5.82 Å². The summed E-state index contributed by atoms with van der Waals surface area (Å²) in [6.45, 7) is 4.47. The van der Waals surface area contributed by atoms with Crippen molar-refractivity contribution in [3.63, 3.8) is 0 Å². The highest BCUT2D eigenvalue weighted by atomic mass is 19.4. The molecule has 0 unspecified atom stereocenters. The zero-order chi connectivity index (χ0) is 16.8. The van der Waals surface area contributed by atoms with Crippen molar-refractivity contribution in [2.75, 3.05) is 16.8 Å². The first-order valence-electron chi connectivity index (χ1n) is 7.19. The average molecular weight is 324 g/mol. The van der Waals surface area contributed by atoms with E-state index in [0.29, 0.717) is 12.2 Å². The van der Waals surface area contributed by atoms with Crippen LogP contribution in [0.25, 0.3) is 0 Å². The van der Waals surface area contributed by atoms with Gasteiger partial charge in [-0.3, -0.25) is 0 Å². The molecule has 0 radical (unpaired) electrons. The highest BCUT2D eigenvalue weighted by molar-refractivity contribution is 5.79. The zero-order valence-corrected chi connectivity index (χ0v) is 12.7. The van der Waals surface area contributed by atoms with E-state index in [0.717, 1.165) is 23.5 Å². The molecule has 0 spiro atoms. The smallest absolute Gasteiger partial charge is 0.377 e. The van der Waals surface area contributed by atoms with E-state index in [-0.39, 0.29) is 5.54 Å². The predicted molar refractivity (Wildman–Crippen MR) is 82.6 cm³/mol. The fourth-order valence-corrected chi connectivity index (χ4v) is 2.83. The lowest BCUT2D eigenvalue weighted by molar-refractivity contribution is -0.139. The molecule has 1 heterocycles. The number of alkyl halides is 3. The Morgan fingerprint density at radius 1 is 1.09 bits per heavy atom. The van der Waals surface area contributed by atoms with Gasteiger partial charge in [0.2, 0.25) is 0 Å². The minimum atomic E-state index is -4.69. The number of nitrogens with one attached hydrogen (secondary N) is 1. The van der Waals surface area contributed by atoms with Crippen molar-refractivity contribution in [2.45, 2.75) is 25.6 Å². The maximum absolute atomic E-state index is 13.9. The van der Waals surface area contributed by atoms with Gasteiger partial charge < -0.3 is 10.2 Å². The Morgan fingerprint density at radius 2 is 1.78 bits per heavy atom. The van der Waals surface area contributed by atoms with Crippen molar-refractivity contribution in [2.24, 2.45) is 0 Å². The van der Waals surface area contributed by atoms with E-state index in [1.165, 1.54) is 6.07 Å². The van der Waals surface area contributed by atoms with Crippen LogP contribution in [-0.2, 0) is 6.18 Å². The normalized spacial score (nSPS) is 16.7. The number of nitrogens with zero attached hydrogens (tertiary/aromatic N) is 1. The Kier molecular flexibility index (Phi) is 3.50. The molecule has 0 bridgehead atoms. The molecule has 122 valence electrons. The van der Waals surface area contributed by atoms with Crippen molar-refractivity contribution < 1.29 is 17.6 Å². The third-order valence-corrected chi connectivity index (χ3v) is 3.79. The van der Waals surface area contributed by atoms with Crippen LogP contribution in [0.15, 0.2) is 42.5 Å². The highest BCUT2D eigenvalue weighted by Crippen LogP contribution is 2.40. The number of fused-ring (bicyclic) bond motifs is 1. The number of halogens is 4. The summed E-state index contributed by atoms with van der Waals surface area (Å²) < 4.78 is 52.1. The Labute approximate surface area is 131 Å². The maximum Gasteiger partial charge on any atom is 0.419 e. The zero-order valence-electron chi connectivity index (χ0n) is 12.7. The van der Waals surface area contributed by atoms with E-state index >= 15 is 0 Å². The SMILES string of the molecule is CC1(C)CN(c2ccc(C(F)(F)F)c(F)c2)c2ccccc2N1. The summed E-state index contributed by atoms with van der Waals surface area (Å²) in [5.41, 5.74) is 0.532. The van der Waals surface area contributed by atoms with E-state index in [1.807, 2.05) is 43.0 Å². The van der Waals surface area contributed by atoms with Gasteiger partial charge in [-0.2, -0.15) is 13.2 Å². The molecule has 0 saturated carbocycles. The van der Waals surface area contributed by atoms with Gasteiger partial charge in [-0.05, 0) is 44.2 Å². The van der Waals surface area contributed by atoms with Crippen LogP contribution >= 0.6 is 0 Å². The van der Waals surface area contributed by atoms with Gasteiger partial charge >= 0.3 is 6.18 Å². The summed E-state index contributed by atoms with van der Waals surface area (Å²) in [5, 5.41) is 3.37. The Morgan fingerprint density at radius 3 is 2.43 bits per heavy atom. The molecular weight excluding hydrogens is 308 g/mol. The summed E-state index contributed by atoms with van der Waals surface area (Å²) in [7, 11) is 0. The van der Waals surface area contributed by atoms with Gasteiger partial charge in [-0.1, -0.05) is 12.1 Å². The molecule has 1 N–H and O–H groups in total. The first kappa shape index (κ1) is 15.6. The van der Waals surface area contributed by atoms with Gasteiger partial charge in [0, 0.05) is 17.8 Å². The van der Waals surface area contributed by atoms with Gasteiger partial charge in [-0.25, -0.2) is 4.39 Å². The fourth-order valence-electron chi connectivity index (χ4n) is 2.83. The fraction of sp³-hybridized carbons (Fsp3) is 0.294. The Bertz CT molecular complexity index is 738. The summed E-state index contributed by atoms with van der Waals surface area (Å²) in [6, 6.07) is 10.5. The van der Waals surface area contributed by atoms with E-state index in [2.05, 4.69) is 5.32 Å². The van der Waals surface area contributed by atoms with Crippen LogP contribution in [0.4, 0.5) is 34.6 Å². The average Bonchev–Trinajstić information content (AvgIpc) is 2.44. The highest BCUT2D eigenvalue weighted by Gasteiger charge is 2.35. The van der Waals surface area contributed by atoms with Gasteiger partial charge in [0.25, 0.3) is 0 Å². The minimum absolute atomic E-state index is 0.298. The second-order valence-corrected chi connectivity index (χ2v) is 6.27. The van der Waals surface area contributed by atoms with Crippen LogP contribution in [0.3, 0.4) is 0 Å². The molecule has 2 nitrogen and oxygen atoms in total. The predicted octanol–water partition coefficient (Wildman–Crippen LogP) is 5.19. The molecule has 0 aliphatic carbocycles. The van der Waals surface area contributed by atoms with Crippen LogP contribution in [-0.4, -0.2) is 12.1 Å².